The van der Waals surface area contributed by atoms with Crippen molar-refractivity contribution >= 4 is 5.82 Å². The van der Waals surface area contributed by atoms with Gasteiger partial charge in [0.2, 0.25) is 0 Å². The predicted molar refractivity (Wildman–Crippen MR) is 113 cm³/mol. The molecule has 2 atom stereocenters. The molecule has 6 nitrogen and oxygen atoms in total. The zero-order chi connectivity index (χ0) is 23.0. The van der Waals surface area contributed by atoms with Crippen molar-refractivity contribution in [3.63, 3.8) is 0 Å². The van der Waals surface area contributed by atoms with E-state index in [2.05, 4.69) is 9.72 Å². The van der Waals surface area contributed by atoms with Crippen molar-refractivity contribution in [2.75, 3.05) is 18.8 Å². The Kier molecular flexibility index (Phi) is 6.60. The third-order valence-electron chi connectivity index (χ3n) is 6.49. The molecule has 2 aliphatic rings. The van der Waals surface area contributed by atoms with Crippen molar-refractivity contribution in [1.82, 2.24) is 19.7 Å². The number of anilines is 1. The van der Waals surface area contributed by atoms with E-state index < -0.39 is 19.0 Å². The highest BCUT2D eigenvalue weighted by Crippen LogP contribution is 2.39. The maximum Gasteiger partial charge on any atom is 0.387 e. The first-order valence-corrected chi connectivity index (χ1v) is 11.0. The summed E-state index contributed by atoms with van der Waals surface area (Å²) < 4.78 is 59.0. The second kappa shape index (κ2) is 9.25. The van der Waals surface area contributed by atoms with E-state index in [0.29, 0.717) is 11.3 Å². The largest absolute Gasteiger partial charge is 0.431 e. The van der Waals surface area contributed by atoms with E-state index in [1.54, 1.807) is 0 Å². The molecule has 176 valence electrons. The van der Waals surface area contributed by atoms with Crippen LogP contribution in [0, 0.1) is 0 Å². The summed E-state index contributed by atoms with van der Waals surface area (Å²) >= 11 is 0. The molecule has 0 amide bonds. The van der Waals surface area contributed by atoms with Gasteiger partial charge in [-0.15, -0.1) is 0 Å². The first-order chi connectivity index (χ1) is 15.2. The van der Waals surface area contributed by atoms with E-state index in [1.165, 1.54) is 12.3 Å². The molecule has 2 aromatic heterocycles. The number of likely N-dealkylation sites (tertiary alicyclic amines) is 1. The summed E-state index contributed by atoms with van der Waals surface area (Å²) in [6.07, 6.45) is 2.27. The van der Waals surface area contributed by atoms with Crippen LogP contribution in [0.25, 0.3) is 11.3 Å². The number of nitrogens with two attached hydrogens (primary N) is 1. The van der Waals surface area contributed by atoms with Crippen molar-refractivity contribution < 1.29 is 22.3 Å². The lowest BCUT2D eigenvalue weighted by Crippen LogP contribution is -2.37. The van der Waals surface area contributed by atoms with Gasteiger partial charge in [-0.05, 0) is 51.7 Å². The van der Waals surface area contributed by atoms with Crippen molar-refractivity contribution in [3.8, 4) is 17.0 Å². The van der Waals surface area contributed by atoms with E-state index in [1.807, 2.05) is 29.5 Å². The fraction of sp³-hybridized carbons (Fsp3) is 0.636. The molecule has 0 radical (unpaired) electrons. The molecule has 2 fully saturated rings. The molecular formula is C22H29F4N5O. The Morgan fingerprint density at radius 1 is 1.06 bits per heavy atom. The Bertz CT molecular complexity index is 919. The number of rotatable bonds is 6. The van der Waals surface area contributed by atoms with E-state index >= 15 is 0 Å². The Morgan fingerprint density at radius 3 is 2.31 bits per heavy atom. The molecule has 1 saturated carbocycles. The second-order valence-corrected chi connectivity index (χ2v) is 8.97. The van der Waals surface area contributed by atoms with Gasteiger partial charge in [-0.25, -0.2) is 13.8 Å². The van der Waals surface area contributed by atoms with Crippen LogP contribution in [0.4, 0.5) is 23.4 Å². The molecular weight excluding hydrogens is 426 g/mol. The smallest absolute Gasteiger partial charge is 0.387 e. The third-order valence-corrected chi connectivity index (χ3v) is 6.49. The Balaban J connectivity index is 1.52. The van der Waals surface area contributed by atoms with Gasteiger partial charge >= 0.3 is 6.61 Å². The predicted octanol–water partition coefficient (Wildman–Crippen LogP) is 4.73. The fourth-order valence-electron chi connectivity index (χ4n) is 4.84. The zero-order valence-electron chi connectivity index (χ0n) is 18.2. The number of hydrogen-bond donors (Lipinski definition) is 1. The third kappa shape index (κ3) is 4.69. The lowest BCUT2D eigenvalue weighted by molar-refractivity contribution is -0.0494. The number of nitrogens with zero attached hydrogens (tertiary/aromatic N) is 4. The summed E-state index contributed by atoms with van der Waals surface area (Å²) in [6, 6.07) is 3.70. The molecule has 2 N–H and O–H groups in total. The number of pyridine rings is 1. The molecule has 0 unspecified atom stereocenters. The average molecular weight is 456 g/mol. The molecule has 0 spiro atoms. The zero-order valence-corrected chi connectivity index (χ0v) is 18.2. The van der Waals surface area contributed by atoms with Gasteiger partial charge in [0.05, 0.1) is 5.69 Å². The summed E-state index contributed by atoms with van der Waals surface area (Å²) in [6.45, 7) is 1.43. The van der Waals surface area contributed by atoms with Gasteiger partial charge in [-0.1, -0.05) is 0 Å². The molecule has 4 rings (SSSR count). The summed E-state index contributed by atoms with van der Waals surface area (Å²) in [4.78, 5) is 5.92. The summed E-state index contributed by atoms with van der Waals surface area (Å²) in [5.41, 5.74) is 7.88. The SMILES string of the molecule is CC(C)n1nc(-c2cnc(N)c(OC(F)F)c2)cc1[C@H]1CC[C@H](N2C[C@@H](F)[C@@H](F)C2)CC1. The van der Waals surface area contributed by atoms with Gasteiger partial charge in [0.15, 0.2) is 11.6 Å². The number of ether oxygens (including phenoxy) is 1. The van der Waals surface area contributed by atoms with Gasteiger partial charge in [-0.2, -0.15) is 13.9 Å². The van der Waals surface area contributed by atoms with E-state index in [4.69, 9.17) is 10.8 Å². The number of nitrogen functional groups attached to an aromatic ring is 1. The van der Waals surface area contributed by atoms with Gasteiger partial charge < -0.3 is 10.5 Å². The van der Waals surface area contributed by atoms with Crippen LogP contribution in [0.15, 0.2) is 18.3 Å². The van der Waals surface area contributed by atoms with Crippen molar-refractivity contribution in [2.24, 2.45) is 0 Å². The number of hydrogen-bond acceptors (Lipinski definition) is 5. The Hall–Kier alpha value is -2.36. The first-order valence-electron chi connectivity index (χ1n) is 11.0. The van der Waals surface area contributed by atoms with Crippen LogP contribution in [-0.2, 0) is 0 Å². The van der Waals surface area contributed by atoms with Gasteiger partial charge in [0.25, 0.3) is 0 Å². The van der Waals surface area contributed by atoms with Crippen molar-refractivity contribution in [2.45, 2.75) is 76.5 Å². The summed E-state index contributed by atoms with van der Waals surface area (Å²) in [7, 11) is 0. The van der Waals surface area contributed by atoms with Crippen LogP contribution in [0.3, 0.4) is 0 Å². The van der Waals surface area contributed by atoms with Crippen LogP contribution in [0.2, 0.25) is 0 Å². The lowest BCUT2D eigenvalue weighted by atomic mass is 9.83. The number of alkyl halides is 4. The van der Waals surface area contributed by atoms with Crippen LogP contribution in [-0.4, -0.2) is 57.8 Å². The quantitative estimate of drug-likeness (QED) is 0.638. The molecule has 3 heterocycles. The topological polar surface area (TPSA) is 69.2 Å². The van der Waals surface area contributed by atoms with Crippen LogP contribution in [0.1, 0.15) is 57.2 Å². The van der Waals surface area contributed by atoms with Gasteiger partial charge in [0, 0.05) is 48.5 Å². The van der Waals surface area contributed by atoms with Gasteiger partial charge in [0.1, 0.15) is 12.3 Å². The highest BCUT2D eigenvalue weighted by molar-refractivity contribution is 5.64. The first kappa shape index (κ1) is 22.8. The molecule has 0 bridgehead atoms. The molecule has 32 heavy (non-hydrogen) atoms. The van der Waals surface area contributed by atoms with E-state index in [9.17, 15) is 17.6 Å². The molecule has 1 aliphatic heterocycles. The fourth-order valence-corrected chi connectivity index (χ4v) is 4.84. The number of halogens is 4. The molecule has 2 aromatic rings. The normalized spacial score (nSPS) is 26.9. The van der Waals surface area contributed by atoms with E-state index in [-0.39, 0.29) is 42.7 Å². The highest BCUT2D eigenvalue weighted by atomic mass is 19.3. The standard InChI is InChI=1S/C22H29F4N5O/c1-12(2)31-19(13-3-5-15(6-4-13)30-10-16(23)17(24)11-30)8-18(29-31)14-7-20(32-22(25)26)21(27)28-9-14/h7-9,12-13,15-17,22H,3-6,10-11H2,1-2H3,(H2,27,28)/t13-,15-,16-,17+. The summed E-state index contributed by atoms with van der Waals surface area (Å²) in [5, 5.41) is 4.70. The minimum atomic E-state index is -3.00. The maximum absolute atomic E-state index is 13.6. The number of aromatic nitrogens is 3. The Labute approximate surface area is 184 Å². The second-order valence-electron chi connectivity index (χ2n) is 8.97. The van der Waals surface area contributed by atoms with Crippen molar-refractivity contribution in [3.05, 3.63) is 24.0 Å². The van der Waals surface area contributed by atoms with Crippen LogP contribution < -0.4 is 10.5 Å². The average Bonchev–Trinajstić information content (AvgIpc) is 3.34. The van der Waals surface area contributed by atoms with Crippen molar-refractivity contribution in [1.29, 1.82) is 0 Å². The summed E-state index contributed by atoms with van der Waals surface area (Å²) in [5.74, 6) is -0.0242. The lowest BCUT2D eigenvalue weighted by Gasteiger charge is -2.34. The monoisotopic (exact) mass is 455 g/mol. The van der Waals surface area contributed by atoms with Crippen LogP contribution >= 0.6 is 0 Å². The minimum absolute atomic E-state index is 0.105. The van der Waals surface area contributed by atoms with E-state index in [0.717, 1.165) is 31.4 Å². The molecule has 10 heteroatoms. The highest BCUT2D eigenvalue weighted by Gasteiger charge is 2.38. The maximum atomic E-state index is 13.6. The molecule has 1 aliphatic carbocycles. The molecule has 1 saturated heterocycles. The Morgan fingerprint density at radius 2 is 1.72 bits per heavy atom. The van der Waals surface area contributed by atoms with Crippen LogP contribution in [0.5, 0.6) is 5.75 Å². The van der Waals surface area contributed by atoms with Gasteiger partial charge in [-0.3, -0.25) is 9.58 Å². The minimum Gasteiger partial charge on any atom is -0.431 e. The molecule has 0 aromatic carbocycles.